The summed E-state index contributed by atoms with van der Waals surface area (Å²) in [6.45, 7) is 7.88. The normalized spacial score (nSPS) is 47.7. The quantitative estimate of drug-likeness (QED) is 0.224. The summed E-state index contributed by atoms with van der Waals surface area (Å²) >= 11 is 0. The number of aliphatic hydroxyl groups excluding tert-OH is 5. The molecule has 3 aliphatic heterocycles. The molecule has 3 aliphatic rings. The lowest BCUT2D eigenvalue weighted by atomic mass is 9.95. The topological polar surface area (TPSA) is 168 Å². The molecule has 0 radical (unpaired) electrons. The summed E-state index contributed by atoms with van der Waals surface area (Å²) in [5.41, 5.74) is -3.24. The third-order valence-electron chi connectivity index (χ3n) is 6.61. The number of aliphatic hydroxyl groups is 6. The molecule has 0 saturated carbocycles. The van der Waals surface area contributed by atoms with E-state index in [0.29, 0.717) is 6.42 Å². The van der Waals surface area contributed by atoms with Crippen LogP contribution in [0.25, 0.3) is 0 Å². The van der Waals surface area contributed by atoms with Crippen LogP contribution >= 0.6 is 0 Å². The summed E-state index contributed by atoms with van der Waals surface area (Å²) < 4.78 is 28.3. The van der Waals surface area contributed by atoms with Crippen molar-refractivity contribution < 1.29 is 54.3 Å². The number of ether oxygens (including phenoxy) is 5. The summed E-state index contributed by atoms with van der Waals surface area (Å²) in [5.74, 6) is 0. The second kappa shape index (κ2) is 9.51. The van der Waals surface area contributed by atoms with Gasteiger partial charge in [-0.05, 0) is 33.6 Å². The van der Waals surface area contributed by atoms with Crippen LogP contribution < -0.4 is 0 Å². The smallest absolute Gasteiger partial charge is 0.187 e. The molecule has 0 aromatic carbocycles. The second-order valence-corrected chi connectivity index (χ2v) is 9.62. The van der Waals surface area contributed by atoms with Crippen molar-refractivity contribution in [2.45, 2.75) is 99.6 Å². The first-order valence-electron chi connectivity index (χ1n) is 10.8. The molecular weight excluding hydrogens is 428 g/mol. The van der Waals surface area contributed by atoms with E-state index in [0.717, 1.165) is 6.42 Å². The first-order valence-corrected chi connectivity index (χ1v) is 10.8. The molecule has 0 bridgehead atoms. The molecule has 0 unspecified atom stereocenters. The van der Waals surface area contributed by atoms with Gasteiger partial charge in [-0.25, -0.2) is 0 Å². The van der Waals surface area contributed by atoms with Gasteiger partial charge in [-0.2, -0.15) is 0 Å². The van der Waals surface area contributed by atoms with Gasteiger partial charge in [0.05, 0.1) is 37.1 Å². The number of hydrogen-bond acceptors (Lipinski definition) is 11. The minimum absolute atomic E-state index is 0.321. The van der Waals surface area contributed by atoms with Crippen LogP contribution in [0.15, 0.2) is 12.7 Å². The Kier molecular flexibility index (Phi) is 7.70. The first kappa shape index (κ1) is 25.9. The average Bonchev–Trinajstić information content (AvgIpc) is 3.30. The average molecular weight is 465 g/mol. The molecule has 0 spiro atoms. The molecule has 3 saturated heterocycles. The highest BCUT2D eigenvalue weighted by Crippen LogP contribution is 2.39. The van der Waals surface area contributed by atoms with E-state index in [1.807, 2.05) is 6.92 Å². The molecule has 3 rings (SSSR count). The first-order chi connectivity index (χ1) is 14.9. The molecule has 0 aliphatic carbocycles. The van der Waals surface area contributed by atoms with Crippen molar-refractivity contribution in [3.8, 4) is 0 Å². The fourth-order valence-corrected chi connectivity index (χ4v) is 4.15. The van der Waals surface area contributed by atoms with Gasteiger partial charge in [0.1, 0.15) is 36.1 Å². The third-order valence-corrected chi connectivity index (χ3v) is 6.61. The molecule has 0 aromatic rings. The maximum Gasteiger partial charge on any atom is 0.187 e. The minimum atomic E-state index is -1.86. The van der Waals surface area contributed by atoms with Crippen LogP contribution in [-0.2, 0) is 23.7 Å². The summed E-state index contributed by atoms with van der Waals surface area (Å²) in [4.78, 5) is 0. The number of hydrogen-bond donors (Lipinski definition) is 6. The second-order valence-electron chi connectivity index (χ2n) is 9.62. The van der Waals surface area contributed by atoms with Crippen molar-refractivity contribution in [2.24, 2.45) is 0 Å². The molecule has 6 N–H and O–H groups in total. The third kappa shape index (κ3) is 5.03. The predicted octanol–water partition coefficient (Wildman–Crippen LogP) is -1.83. The van der Waals surface area contributed by atoms with Crippen LogP contribution in [0.4, 0.5) is 0 Å². The van der Waals surface area contributed by atoms with Crippen LogP contribution in [0.5, 0.6) is 0 Å². The molecule has 0 aromatic heterocycles. The van der Waals surface area contributed by atoms with Crippen LogP contribution in [0.2, 0.25) is 0 Å². The molecular formula is C21H36O11. The lowest BCUT2D eigenvalue weighted by Gasteiger charge is -2.44. The molecule has 0 amide bonds. The van der Waals surface area contributed by atoms with Gasteiger partial charge in [-0.3, -0.25) is 0 Å². The summed E-state index contributed by atoms with van der Waals surface area (Å²) in [6.07, 6.45) is -6.96. The van der Waals surface area contributed by atoms with Crippen molar-refractivity contribution in [1.82, 2.24) is 0 Å². The van der Waals surface area contributed by atoms with Gasteiger partial charge < -0.3 is 54.3 Å². The molecule has 10 atom stereocenters. The van der Waals surface area contributed by atoms with E-state index in [4.69, 9.17) is 23.7 Å². The predicted molar refractivity (Wildman–Crippen MR) is 108 cm³/mol. The fraction of sp³-hybridized carbons (Fsp3) is 0.905. The van der Waals surface area contributed by atoms with E-state index in [9.17, 15) is 30.6 Å². The molecule has 11 nitrogen and oxygen atoms in total. The summed E-state index contributed by atoms with van der Waals surface area (Å²) in [7, 11) is 0. The van der Waals surface area contributed by atoms with E-state index in [1.54, 1.807) is 19.9 Å². The highest BCUT2D eigenvalue weighted by atomic mass is 16.7. The van der Waals surface area contributed by atoms with Crippen molar-refractivity contribution in [3.63, 3.8) is 0 Å². The molecule has 32 heavy (non-hydrogen) atoms. The van der Waals surface area contributed by atoms with Gasteiger partial charge >= 0.3 is 0 Å². The zero-order valence-electron chi connectivity index (χ0n) is 18.7. The zero-order valence-corrected chi connectivity index (χ0v) is 18.7. The Hall–Kier alpha value is -0.700. The highest BCUT2D eigenvalue weighted by Gasteiger charge is 2.51. The van der Waals surface area contributed by atoms with Crippen LogP contribution in [0.1, 0.15) is 33.6 Å². The van der Waals surface area contributed by atoms with Gasteiger partial charge in [-0.15, -0.1) is 6.58 Å². The van der Waals surface area contributed by atoms with Gasteiger partial charge in [0.2, 0.25) is 0 Å². The lowest BCUT2D eigenvalue weighted by Crippen LogP contribution is -2.61. The SMILES string of the molecule is C=C[C@]1(C)CC[C@H](C(C)(C)O[C@@H]2O[C@H](CO[C@@H]3OC[C@](O)(CO)[C@H]3O)[C@@H](O)[C@H](O)[C@H]2O)O1. The number of rotatable bonds is 8. The van der Waals surface area contributed by atoms with E-state index in [-0.39, 0.29) is 19.3 Å². The Labute approximate surface area is 187 Å². The van der Waals surface area contributed by atoms with Crippen LogP contribution in [0.3, 0.4) is 0 Å². The molecule has 3 heterocycles. The van der Waals surface area contributed by atoms with E-state index in [1.165, 1.54) is 0 Å². The zero-order chi connectivity index (χ0) is 23.9. The molecule has 3 fully saturated rings. The maximum absolute atomic E-state index is 10.4. The van der Waals surface area contributed by atoms with Gasteiger partial charge in [0, 0.05) is 0 Å². The molecule has 11 heteroatoms. The van der Waals surface area contributed by atoms with Crippen LogP contribution in [-0.4, -0.2) is 116 Å². The van der Waals surface area contributed by atoms with E-state index < -0.39 is 66.5 Å². The lowest BCUT2D eigenvalue weighted by molar-refractivity contribution is -0.338. The Balaban J connectivity index is 1.62. The Morgan fingerprint density at radius 2 is 1.81 bits per heavy atom. The van der Waals surface area contributed by atoms with Crippen molar-refractivity contribution >= 4 is 0 Å². The van der Waals surface area contributed by atoms with Gasteiger partial charge in [-0.1, -0.05) is 6.08 Å². The standard InChI is InChI=1S/C21H36O11/c1-5-20(4)7-6-12(31-20)19(2,3)32-17-15(25)14(24)13(23)11(30-17)8-28-18-16(26)21(27,9-22)10-29-18/h5,11-18,22-27H,1,6-10H2,2-4H3/t11-,12-,13-,14+,15-,16+,17+,18-,20-,21-/m1/s1. The van der Waals surface area contributed by atoms with Crippen molar-refractivity contribution in [1.29, 1.82) is 0 Å². The summed E-state index contributed by atoms with van der Waals surface area (Å²) in [5, 5.41) is 60.4. The largest absolute Gasteiger partial charge is 0.393 e. The minimum Gasteiger partial charge on any atom is -0.393 e. The Bertz CT molecular complexity index is 660. The van der Waals surface area contributed by atoms with Gasteiger partial charge in [0.15, 0.2) is 12.6 Å². The van der Waals surface area contributed by atoms with E-state index in [2.05, 4.69) is 6.58 Å². The molecule has 186 valence electrons. The fourth-order valence-electron chi connectivity index (χ4n) is 4.15. The van der Waals surface area contributed by atoms with Gasteiger partial charge in [0.25, 0.3) is 0 Å². The van der Waals surface area contributed by atoms with Crippen LogP contribution in [0, 0.1) is 0 Å². The van der Waals surface area contributed by atoms with Crippen molar-refractivity contribution in [2.75, 3.05) is 19.8 Å². The van der Waals surface area contributed by atoms with E-state index >= 15 is 0 Å². The summed E-state index contributed by atoms with van der Waals surface area (Å²) in [6, 6.07) is 0. The maximum atomic E-state index is 10.4. The Morgan fingerprint density at radius 3 is 2.38 bits per heavy atom. The Morgan fingerprint density at radius 1 is 1.12 bits per heavy atom. The highest BCUT2D eigenvalue weighted by molar-refractivity contribution is 5.02. The monoisotopic (exact) mass is 464 g/mol. The van der Waals surface area contributed by atoms with Crippen molar-refractivity contribution in [3.05, 3.63) is 12.7 Å².